The quantitative estimate of drug-likeness (QED) is 0.679. The molecular weight excluding hydrogens is 240 g/mol. The fourth-order valence-corrected chi connectivity index (χ4v) is 4.21. The Hall–Kier alpha value is -1.82. The summed E-state index contributed by atoms with van der Waals surface area (Å²) in [6.45, 7) is 0. The molecule has 0 amide bonds. The molecule has 4 rings (SSSR count). The second kappa shape index (κ2) is 4.94. The summed E-state index contributed by atoms with van der Waals surface area (Å²) in [6, 6.07) is 22.1. The van der Waals surface area contributed by atoms with Crippen molar-refractivity contribution >= 4 is 0 Å². The molecule has 20 heavy (non-hydrogen) atoms. The number of hydrogen-bond acceptors (Lipinski definition) is 0. The Morgan fingerprint density at radius 1 is 0.700 bits per heavy atom. The molecule has 2 aromatic carbocycles. The van der Waals surface area contributed by atoms with Gasteiger partial charge in [0.05, 0.1) is 0 Å². The van der Waals surface area contributed by atoms with Crippen LogP contribution >= 0.6 is 0 Å². The summed E-state index contributed by atoms with van der Waals surface area (Å²) in [6.07, 6.45) is 7.64. The van der Waals surface area contributed by atoms with Crippen LogP contribution in [0.15, 0.2) is 72.8 Å². The molecule has 100 valence electrons. The third kappa shape index (κ3) is 2.00. The van der Waals surface area contributed by atoms with Crippen molar-refractivity contribution in [1.29, 1.82) is 0 Å². The van der Waals surface area contributed by atoms with Gasteiger partial charge in [-0.15, -0.1) is 0 Å². The van der Waals surface area contributed by atoms with Gasteiger partial charge in [0.1, 0.15) is 0 Å². The summed E-state index contributed by atoms with van der Waals surface area (Å²) in [5, 5.41) is 0. The zero-order chi connectivity index (χ0) is 13.4. The van der Waals surface area contributed by atoms with Crippen molar-refractivity contribution in [1.82, 2.24) is 0 Å². The lowest BCUT2D eigenvalue weighted by Gasteiger charge is -2.29. The molecule has 0 saturated heterocycles. The van der Waals surface area contributed by atoms with Gasteiger partial charge >= 0.3 is 0 Å². The van der Waals surface area contributed by atoms with Gasteiger partial charge in [-0.1, -0.05) is 72.8 Å². The standard InChI is InChI=1S/C20H20/c1-3-7-16(8-4-1)20(17-9-5-2-6-10-17)19-14-15-11-12-18(19)13-15/h1-12,15,18-20H,13-14H2. The fraction of sp³-hybridized carbons (Fsp3) is 0.300. The number of hydrogen-bond donors (Lipinski definition) is 0. The molecule has 2 bridgehead atoms. The van der Waals surface area contributed by atoms with Crippen LogP contribution in [-0.4, -0.2) is 0 Å². The highest BCUT2D eigenvalue weighted by molar-refractivity contribution is 5.35. The van der Waals surface area contributed by atoms with Crippen molar-refractivity contribution in [2.24, 2.45) is 17.8 Å². The van der Waals surface area contributed by atoms with Gasteiger partial charge in [-0.05, 0) is 41.7 Å². The van der Waals surface area contributed by atoms with Crippen molar-refractivity contribution < 1.29 is 0 Å². The van der Waals surface area contributed by atoms with Gasteiger partial charge in [0.25, 0.3) is 0 Å². The van der Waals surface area contributed by atoms with Crippen LogP contribution in [0.25, 0.3) is 0 Å². The Bertz CT molecular complexity index is 557. The Morgan fingerprint density at radius 3 is 1.75 bits per heavy atom. The largest absolute Gasteiger partial charge is 0.0851 e. The number of rotatable bonds is 3. The summed E-state index contributed by atoms with van der Waals surface area (Å²) in [7, 11) is 0. The van der Waals surface area contributed by atoms with E-state index in [1.165, 1.54) is 24.0 Å². The topological polar surface area (TPSA) is 0 Å². The molecule has 0 aromatic heterocycles. The third-order valence-corrected chi connectivity index (χ3v) is 5.08. The first-order valence-corrected chi connectivity index (χ1v) is 7.70. The molecule has 2 aliphatic rings. The Labute approximate surface area is 121 Å². The normalized spacial score (nSPS) is 27.4. The molecule has 1 fully saturated rings. The lowest BCUT2D eigenvalue weighted by atomic mass is 9.74. The highest BCUT2D eigenvalue weighted by Gasteiger charge is 2.40. The molecule has 0 radical (unpaired) electrons. The molecule has 1 saturated carbocycles. The number of fused-ring (bicyclic) bond motifs is 2. The minimum absolute atomic E-state index is 0.553. The SMILES string of the molecule is C1=CC2CC1CC2C(c1ccccc1)c1ccccc1. The molecule has 3 unspecified atom stereocenters. The van der Waals surface area contributed by atoms with E-state index in [0.29, 0.717) is 5.92 Å². The lowest BCUT2D eigenvalue weighted by molar-refractivity contribution is 0.399. The van der Waals surface area contributed by atoms with Gasteiger partial charge in [0, 0.05) is 5.92 Å². The van der Waals surface area contributed by atoms with E-state index in [4.69, 9.17) is 0 Å². The molecular formula is C20H20. The van der Waals surface area contributed by atoms with Gasteiger partial charge in [-0.3, -0.25) is 0 Å². The molecule has 0 heterocycles. The average molecular weight is 260 g/mol. The van der Waals surface area contributed by atoms with Crippen LogP contribution in [0.3, 0.4) is 0 Å². The Balaban J connectivity index is 1.76. The summed E-state index contributed by atoms with van der Waals surface area (Å²) < 4.78 is 0. The van der Waals surface area contributed by atoms with Crippen LogP contribution in [0.5, 0.6) is 0 Å². The lowest BCUT2D eigenvalue weighted by Crippen LogP contribution is -2.18. The maximum Gasteiger partial charge on any atom is 0.0123 e. The van der Waals surface area contributed by atoms with Crippen LogP contribution in [0.2, 0.25) is 0 Å². The second-order valence-electron chi connectivity index (χ2n) is 6.24. The number of benzene rings is 2. The van der Waals surface area contributed by atoms with Crippen molar-refractivity contribution in [3.8, 4) is 0 Å². The highest BCUT2D eigenvalue weighted by atomic mass is 14.4. The van der Waals surface area contributed by atoms with E-state index in [9.17, 15) is 0 Å². The second-order valence-corrected chi connectivity index (χ2v) is 6.24. The fourth-order valence-electron chi connectivity index (χ4n) is 4.21. The molecule has 0 spiro atoms. The molecule has 0 aliphatic heterocycles. The molecule has 0 N–H and O–H groups in total. The predicted molar refractivity (Wildman–Crippen MR) is 83.6 cm³/mol. The summed E-state index contributed by atoms with van der Waals surface area (Å²) in [5.41, 5.74) is 2.95. The summed E-state index contributed by atoms with van der Waals surface area (Å²) in [5.74, 6) is 2.94. The average Bonchev–Trinajstić information content (AvgIpc) is 3.13. The Kier molecular flexibility index (Phi) is 2.95. The van der Waals surface area contributed by atoms with Gasteiger partial charge in [-0.25, -0.2) is 0 Å². The smallest absolute Gasteiger partial charge is 0.0123 e. The van der Waals surface area contributed by atoms with E-state index in [1.807, 2.05) is 0 Å². The summed E-state index contributed by atoms with van der Waals surface area (Å²) in [4.78, 5) is 0. The molecule has 0 heteroatoms. The maximum atomic E-state index is 2.47. The highest BCUT2D eigenvalue weighted by Crippen LogP contribution is 2.51. The molecule has 3 atom stereocenters. The first-order valence-electron chi connectivity index (χ1n) is 7.70. The van der Waals surface area contributed by atoms with Gasteiger partial charge < -0.3 is 0 Å². The van der Waals surface area contributed by atoms with Crippen LogP contribution in [-0.2, 0) is 0 Å². The zero-order valence-corrected chi connectivity index (χ0v) is 11.7. The summed E-state index contributed by atoms with van der Waals surface area (Å²) >= 11 is 0. The first-order chi connectivity index (χ1) is 9.92. The molecule has 0 nitrogen and oxygen atoms in total. The van der Waals surface area contributed by atoms with Crippen molar-refractivity contribution in [3.63, 3.8) is 0 Å². The third-order valence-electron chi connectivity index (χ3n) is 5.08. The van der Waals surface area contributed by atoms with E-state index in [-0.39, 0.29) is 0 Å². The maximum absolute atomic E-state index is 2.47. The van der Waals surface area contributed by atoms with Crippen LogP contribution in [0.4, 0.5) is 0 Å². The minimum Gasteiger partial charge on any atom is -0.0851 e. The molecule has 2 aliphatic carbocycles. The van der Waals surface area contributed by atoms with Crippen molar-refractivity contribution in [2.75, 3.05) is 0 Å². The van der Waals surface area contributed by atoms with E-state index in [0.717, 1.165) is 17.8 Å². The van der Waals surface area contributed by atoms with Gasteiger partial charge in [0.2, 0.25) is 0 Å². The van der Waals surface area contributed by atoms with Gasteiger partial charge in [0.15, 0.2) is 0 Å². The minimum atomic E-state index is 0.553. The van der Waals surface area contributed by atoms with Crippen LogP contribution in [0, 0.1) is 17.8 Å². The predicted octanol–water partition coefficient (Wildman–Crippen LogP) is 5.03. The van der Waals surface area contributed by atoms with Crippen molar-refractivity contribution in [2.45, 2.75) is 18.8 Å². The Morgan fingerprint density at radius 2 is 1.30 bits per heavy atom. The van der Waals surface area contributed by atoms with Crippen LogP contribution in [0.1, 0.15) is 29.9 Å². The monoisotopic (exact) mass is 260 g/mol. The van der Waals surface area contributed by atoms with Gasteiger partial charge in [-0.2, -0.15) is 0 Å². The number of allylic oxidation sites excluding steroid dienone is 2. The van der Waals surface area contributed by atoms with E-state index in [2.05, 4.69) is 72.8 Å². The zero-order valence-electron chi connectivity index (χ0n) is 11.7. The van der Waals surface area contributed by atoms with Crippen molar-refractivity contribution in [3.05, 3.63) is 83.9 Å². The molecule has 2 aromatic rings. The first kappa shape index (κ1) is 12.0. The van der Waals surface area contributed by atoms with E-state index >= 15 is 0 Å². The van der Waals surface area contributed by atoms with Crippen LogP contribution < -0.4 is 0 Å². The van der Waals surface area contributed by atoms with E-state index < -0.39 is 0 Å². The van der Waals surface area contributed by atoms with E-state index in [1.54, 1.807) is 0 Å².